The van der Waals surface area contributed by atoms with Gasteiger partial charge in [-0.1, -0.05) is 12.1 Å². The van der Waals surface area contributed by atoms with Crippen LogP contribution in [0.4, 0.5) is 6.01 Å². The molecule has 2 aromatic rings. The highest BCUT2D eigenvalue weighted by Crippen LogP contribution is 2.41. The fourth-order valence-corrected chi connectivity index (χ4v) is 6.33. The van der Waals surface area contributed by atoms with Crippen LogP contribution in [0.15, 0.2) is 40.0 Å². The zero-order valence-electron chi connectivity index (χ0n) is 14.7. The maximum atomic E-state index is 12.8. The molecule has 9 heteroatoms. The van der Waals surface area contributed by atoms with Crippen LogP contribution in [-0.4, -0.2) is 47.9 Å². The van der Waals surface area contributed by atoms with E-state index in [1.165, 1.54) is 0 Å². The van der Waals surface area contributed by atoms with Crippen LogP contribution in [0.2, 0.25) is 0 Å². The number of nitrogens with one attached hydrogen (secondary N) is 2. The molecule has 1 spiro atoms. The van der Waals surface area contributed by atoms with E-state index in [0.717, 1.165) is 24.1 Å². The van der Waals surface area contributed by atoms with Gasteiger partial charge in [0.05, 0.1) is 23.7 Å². The van der Waals surface area contributed by atoms with Gasteiger partial charge < -0.3 is 4.42 Å². The molecule has 0 saturated carbocycles. The lowest BCUT2D eigenvalue weighted by Gasteiger charge is -2.44. The molecule has 1 aromatic carbocycles. The first-order valence-electron chi connectivity index (χ1n) is 9.08. The zero-order chi connectivity index (χ0) is 18.6. The van der Waals surface area contributed by atoms with Crippen LogP contribution in [-0.2, 0) is 14.6 Å². The van der Waals surface area contributed by atoms with E-state index in [1.807, 2.05) is 29.3 Å². The normalized spacial score (nSPS) is 27.4. The fourth-order valence-electron chi connectivity index (χ4n) is 4.38. The molecule has 27 heavy (non-hydrogen) atoms. The third kappa shape index (κ3) is 2.72. The Morgan fingerprint density at radius 2 is 2.11 bits per heavy atom. The minimum atomic E-state index is -3.14. The van der Waals surface area contributed by atoms with Crippen LogP contribution in [0.1, 0.15) is 25.7 Å². The average Bonchev–Trinajstić information content (AvgIpc) is 3.18. The summed E-state index contributed by atoms with van der Waals surface area (Å²) >= 11 is 0. The van der Waals surface area contributed by atoms with Crippen molar-refractivity contribution in [2.45, 2.75) is 31.2 Å². The number of ketones is 1. The van der Waals surface area contributed by atoms with Crippen molar-refractivity contribution in [1.82, 2.24) is 15.3 Å². The third-order valence-electron chi connectivity index (χ3n) is 5.60. The second kappa shape index (κ2) is 5.80. The van der Waals surface area contributed by atoms with Crippen LogP contribution in [0, 0.1) is 0 Å². The molecule has 1 aliphatic carbocycles. The Kier molecular flexibility index (Phi) is 3.60. The molecule has 0 bridgehead atoms. The van der Waals surface area contributed by atoms with Crippen molar-refractivity contribution in [2.24, 2.45) is 0 Å². The van der Waals surface area contributed by atoms with Gasteiger partial charge in [0.15, 0.2) is 21.2 Å². The van der Waals surface area contributed by atoms with Crippen LogP contribution >= 0.6 is 0 Å². The molecule has 0 amide bonds. The Hall–Kier alpha value is -2.39. The monoisotopic (exact) mass is 388 g/mol. The van der Waals surface area contributed by atoms with Crippen LogP contribution < -0.4 is 10.7 Å². The molecule has 1 saturated heterocycles. The summed E-state index contributed by atoms with van der Waals surface area (Å²) in [4.78, 5) is 17.2. The van der Waals surface area contributed by atoms with Gasteiger partial charge in [-0.05, 0) is 31.4 Å². The van der Waals surface area contributed by atoms with Gasteiger partial charge in [-0.25, -0.2) is 13.8 Å². The molecule has 1 fully saturated rings. The first-order chi connectivity index (χ1) is 13.0. The zero-order valence-corrected chi connectivity index (χ0v) is 15.5. The number of hydrogen-bond acceptors (Lipinski definition) is 8. The summed E-state index contributed by atoms with van der Waals surface area (Å²) in [5.74, 6) is 0.133. The molecule has 142 valence electrons. The molecule has 1 aromatic heterocycles. The Labute approximate surface area is 156 Å². The molecular formula is C18H20N4O4S. The lowest BCUT2D eigenvalue weighted by Crippen LogP contribution is -2.60. The van der Waals surface area contributed by atoms with Gasteiger partial charge in [0.25, 0.3) is 0 Å². The van der Waals surface area contributed by atoms with Crippen LogP contribution in [0.5, 0.6) is 0 Å². The Balaban J connectivity index is 1.53. The smallest absolute Gasteiger partial charge is 0.315 e. The van der Waals surface area contributed by atoms with E-state index in [1.54, 1.807) is 0 Å². The lowest BCUT2D eigenvalue weighted by atomic mass is 9.78. The average molecular weight is 388 g/mol. The number of hydrogen-bond donors (Lipinski definition) is 2. The highest BCUT2D eigenvalue weighted by molar-refractivity contribution is 7.91. The predicted octanol–water partition coefficient (Wildman–Crippen LogP) is 1.58. The molecular weight excluding hydrogens is 368 g/mol. The number of aromatic nitrogens is 1. The maximum Gasteiger partial charge on any atom is 0.315 e. The number of hydrazine groups is 1. The molecule has 1 unspecified atom stereocenters. The van der Waals surface area contributed by atoms with Gasteiger partial charge in [0, 0.05) is 17.7 Å². The summed E-state index contributed by atoms with van der Waals surface area (Å²) in [5, 5.41) is 5.15. The topological polar surface area (TPSA) is 105 Å². The van der Waals surface area contributed by atoms with E-state index in [0.29, 0.717) is 36.7 Å². The SMILES string of the molecule is O=C1CCCC2=C1C1(CCS(=O)(=O)C1)NCN2Nc1nc2ccccc2o1. The van der Waals surface area contributed by atoms with Crippen molar-refractivity contribution in [3.05, 3.63) is 35.5 Å². The van der Waals surface area contributed by atoms with E-state index in [-0.39, 0.29) is 17.3 Å². The minimum Gasteiger partial charge on any atom is -0.422 e. The van der Waals surface area contributed by atoms with Gasteiger partial charge in [0.1, 0.15) is 5.52 Å². The van der Waals surface area contributed by atoms with Gasteiger partial charge >= 0.3 is 6.01 Å². The number of Topliss-reactive ketones (excluding diaryl/α,β-unsaturated/α-hetero) is 1. The summed E-state index contributed by atoms with van der Waals surface area (Å²) in [6.45, 7) is 0.375. The minimum absolute atomic E-state index is 0.0126. The number of rotatable bonds is 2. The summed E-state index contributed by atoms with van der Waals surface area (Å²) in [5.41, 5.74) is 5.28. The predicted molar refractivity (Wildman–Crippen MR) is 99.4 cm³/mol. The number of fused-ring (bicyclic) bond motifs is 2. The fraction of sp³-hybridized carbons (Fsp3) is 0.444. The summed E-state index contributed by atoms with van der Waals surface area (Å²) in [7, 11) is -3.14. The first-order valence-corrected chi connectivity index (χ1v) is 10.9. The Morgan fingerprint density at radius 3 is 2.89 bits per heavy atom. The summed E-state index contributed by atoms with van der Waals surface area (Å²) in [6.07, 6.45) is 2.37. The Morgan fingerprint density at radius 1 is 1.26 bits per heavy atom. The second-order valence-electron chi connectivity index (χ2n) is 7.38. The number of para-hydroxylation sites is 2. The molecule has 3 aliphatic rings. The van der Waals surface area contributed by atoms with Gasteiger partial charge in [0.2, 0.25) is 0 Å². The first kappa shape index (κ1) is 16.8. The van der Waals surface area contributed by atoms with E-state index in [9.17, 15) is 13.2 Å². The highest BCUT2D eigenvalue weighted by atomic mass is 32.2. The summed E-state index contributed by atoms with van der Waals surface area (Å²) in [6, 6.07) is 7.82. The number of allylic oxidation sites excluding steroid dienone is 1. The van der Waals surface area contributed by atoms with Crippen LogP contribution in [0.3, 0.4) is 0 Å². The number of sulfone groups is 1. The number of anilines is 1. The molecule has 5 rings (SSSR count). The van der Waals surface area contributed by atoms with Gasteiger partial charge in [-0.3, -0.25) is 15.1 Å². The number of carbonyl (C=O) groups is 1. The molecule has 2 N–H and O–H groups in total. The van der Waals surface area contributed by atoms with Crippen molar-refractivity contribution in [2.75, 3.05) is 23.6 Å². The van der Waals surface area contributed by atoms with Gasteiger partial charge in [-0.2, -0.15) is 4.98 Å². The lowest BCUT2D eigenvalue weighted by molar-refractivity contribution is -0.117. The van der Waals surface area contributed by atoms with Crippen LogP contribution in [0.25, 0.3) is 11.1 Å². The van der Waals surface area contributed by atoms with Crippen molar-refractivity contribution in [3.8, 4) is 0 Å². The van der Waals surface area contributed by atoms with E-state index in [4.69, 9.17) is 4.42 Å². The van der Waals surface area contributed by atoms with Crippen molar-refractivity contribution >= 4 is 32.7 Å². The summed E-state index contributed by atoms with van der Waals surface area (Å²) < 4.78 is 30.0. The van der Waals surface area contributed by atoms with E-state index >= 15 is 0 Å². The molecule has 1 atom stereocenters. The quantitative estimate of drug-likeness (QED) is 0.799. The largest absolute Gasteiger partial charge is 0.422 e. The van der Waals surface area contributed by atoms with Crippen molar-refractivity contribution < 1.29 is 17.6 Å². The molecule has 8 nitrogen and oxygen atoms in total. The maximum absolute atomic E-state index is 12.8. The van der Waals surface area contributed by atoms with Crippen molar-refractivity contribution in [1.29, 1.82) is 0 Å². The number of oxazole rings is 1. The molecule has 2 aliphatic heterocycles. The molecule has 3 heterocycles. The highest BCUT2D eigenvalue weighted by Gasteiger charge is 2.51. The second-order valence-corrected chi connectivity index (χ2v) is 9.57. The van der Waals surface area contributed by atoms with Gasteiger partial charge in [-0.15, -0.1) is 0 Å². The molecule has 0 radical (unpaired) electrons. The van der Waals surface area contributed by atoms with E-state index < -0.39 is 15.4 Å². The Bertz CT molecular complexity index is 1040. The number of nitrogens with zero attached hydrogens (tertiary/aromatic N) is 2. The number of benzene rings is 1. The van der Waals surface area contributed by atoms with Crippen molar-refractivity contribution in [3.63, 3.8) is 0 Å². The van der Waals surface area contributed by atoms with E-state index in [2.05, 4.69) is 15.7 Å². The number of carbonyl (C=O) groups excluding carboxylic acids is 1. The third-order valence-corrected chi connectivity index (χ3v) is 7.35. The standard InChI is InChI=1S/C18H20N4O4S/c23-14-6-3-5-13-16(14)18(8-9-27(24,25)10-18)19-11-22(13)21-17-20-12-4-1-2-7-15(12)26-17/h1-2,4,7,19H,3,5-6,8-11H2,(H,20,21).